The molecule has 0 saturated heterocycles. The highest BCUT2D eigenvalue weighted by Crippen LogP contribution is 2.24. The van der Waals surface area contributed by atoms with E-state index in [0.717, 1.165) is 0 Å². The summed E-state index contributed by atoms with van der Waals surface area (Å²) in [4.78, 5) is 4.00. The summed E-state index contributed by atoms with van der Waals surface area (Å²) < 4.78 is 20.7. The first kappa shape index (κ1) is 11.9. The van der Waals surface area contributed by atoms with Crippen molar-refractivity contribution in [3.05, 3.63) is 48.4 Å². The molecular formula is C12H8ClFN4O. The summed E-state index contributed by atoms with van der Waals surface area (Å²) in [6.07, 6.45) is 3.23. The molecular weight excluding hydrogens is 271 g/mol. The van der Waals surface area contributed by atoms with Crippen molar-refractivity contribution in [1.82, 2.24) is 19.9 Å². The van der Waals surface area contributed by atoms with Crippen LogP contribution in [-0.4, -0.2) is 19.9 Å². The summed E-state index contributed by atoms with van der Waals surface area (Å²) in [7, 11) is 0. The molecule has 0 N–H and O–H groups in total. The Kier molecular flexibility index (Phi) is 3.00. The van der Waals surface area contributed by atoms with E-state index in [2.05, 4.69) is 15.2 Å². The predicted octanol–water partition coefficient (Wildman–Crippen LogP) is 2.80. The van der Waals surface area contributed by atoms with E-state index in [1.165, 1.54) is 4.68 Å². The van der Waals surface area contributed by atoms with Gasteiger partial charge < -0.3 is 4.52 Å². The quantitative estimate of drug-likeness (QED) is 0.691. The number of rotatable bonds is 3. The van der Waals surface area contributed by atoms with E-state index < -0.39 is 5.82 Å². The molecule has 0 aliphatic carbocycles. The van der Waals surface area contributed by atoms with Gasteiger partial charge in [-0.3, -0.25) is 0 Å². The van der Waals surface area contributed by atoms with Crippen LogP contribution < -0.4 is 0 Å². The van der Waals surface area contributed by atoms with Gasteiger partial charge in [-0.25, -0.2) is 9.07 Å². The molecule has 96 valence electrons. The average Bonchev–Trinajstić information content (AvgIpc) is 3.10. The van der Waals surface area contributed by atoms with Crippen LogP contribution in [0, 0.1) is 5.82 Å². The maximum atomic E-state index is 14.4. The molecule has 3 rings (SSSR count). The highest BCUT2D eigenvalue weighted by molar-refractivity contribution is 6.16. The Morgan fingerprint density at radius 3 is 2.89 bits per heavy atom. The minimum atomic E-state index is -0.465. The second-order valence-corrected chi connectivity index (χ2v) is 4.00. The lowest BCUT2D eigenvalue weighted by Crippen LogP contribution is -2.00. The third-order valence-electron chi connectivity index (χ3n) is 2.55. The van der Waals surface area contributed by atoms with E-state index in [4.69, 9.17) is 16.1 Å². The largest absolute Gasteiger partial charge is 0.338 e. The summed E-state index contributed by atoms with van der Waals surface area (Å²) in [5, 5.41) is 7.70. The first-order valence-corrected chi connectivity index (χ1v) is 6.00. The number of hydrogen-bond acceptors (Lipinski definition) is 4. The number of aromatic nitrogens is 4. The number of hydrogen-bond donors (Lipinski definition) is 0. The van der Waals surface area contributed by atoms with Crippen LogP contribution in [0.5, 0.6) is 0 Å². The molecule has 1 aromatic carbocycles. The maximum absolute atomic E-state index is 14.4. The van der Waals surface area contributed by atoms with Crippen LogP contribution in [0.2, 0.25) is 0 Å². The Hall–Kier alpha value is -2.21. The Balaban J connectivity index is 2.10. The van der Waals surface area contributed by atoms with E-state index in [0.29, 0.717) is 5.69 Å². The van der Waals surface area contributed by atoms with Crippen LogP contribution in [-0.2, 0) is 5.88 Å². The zero-order chi connectivity index (χ0) is 13.2. The molecule has 0 aliphatic heterocycles. The maximum Gasteiger partial charge on any atom is 0.241 e. The predicted molar refractivity (Wildman–Crippen MR) is 66.4 cm³/mol. The van der Waals surface area contributed by atoms with Crippen molar-refractivity contribution in [2.45, 2.75) is 5.88 Å². The van der Waals surface area contributed by atoms with E-state index in [1.807, 2.05) is 0 Å². The van der Waals surface area contributed by atoms with Gasteiger partial charge >= 0.3 is 0 Å². The van der Waals surface area contributed by atoms with Gasteiger partial charge in [0, 0.05) is 12.4 Å². The molecule has 0 unspecified atom stereocenters. The number of nitrogens with zero attached hydrogens (tertiary/aromatic N) is 4. The third-order valence-corrected chi connectivity index (χ3v) is 2.78. The van der Waals surface area contributed by atoms with Gasteiger partial charge in [0.2, 0.25) is 11.7 Å². The van der Waals surface area contributed by atoms with Crippen LogP contribution in [0.1, 0.15) is 5.89 Å². The van der Waals surface area contributed by atoms with Crippen molar-refractivity contribution < 1.29 is 8.91 Å². The van der Waals surface area contributed by atoms with Gasteiger partial charge in [0.25, 0.3) is 0 Å². The monoisotopic (exact) mass is 278 g/mol. The standard InChI is InChI=1S/C12H8ClFN4O/c13-7-10-16-12(17-19-10)8-3-1-4-9(11(8)14)18-6-2-5-15-18/h1-6H,7H2. The molecule has 0 radical (unpaired) electrons. The minimum Gasteiger partial charge on any atom is -0.338 e. The zero-order valence-electron chi connectivity index (χ0n) is 9.62. The first-order chi connectivity index (χ1) is 9.29. The fourth-order valence-corrected chi connectivity index (χ4v) is 1.81. The molecule has 2 aromatic heterocycles. The molecule has 0 fully saturated rings. The van der Waals surface area contributed by atoms with Crippen LogP contribution >= 0.6 is 11.6 Å². The minimum absolute atomic E-state index is 0.0907. The molecule has 5 nitrogen and oxygen atoms in total. The van der Waals surface area contributed by atoms with Crippen LogP contribution in [0.15, 0.2) is 41.2 Å². The highest BCUT2D eigenvalue weighted by atomic mass is 35.5. The van der Waals surface area contributed by atoms with Crippen molar-refractivity contribution in [3.8, 4) is 17.1 Å². The van der Waals surface area contributed by atoms with Crippen molar-refractivity contribution in [2.75, 3.05) is 0 Å². The van der Waals surface area contributed by atoms with Crippen molar-refractivity contribution in [3.63, 3.8) is 0 Å². The molecule has 7 heteroatoms. The van der Waals surface area contributed by atoms with Gasteiger partial charge in [-0.05, 0) is 18.2 Å². The highest BCUT2D eigenvalue weighted by Gasteiger charge is 2.16. The Labute approximate surface area is 112 Å². The van der Waals surface area contributed by atoms with E-state index in [-0.39, 0.29) is 23.2 Å². The van der Waals surface area contributed by atoms with Crippen LogP contribution in [0.25, 0.3) is 17.1 Å². The second kappa shape index (κ2) is 4.81. The van der Waals surface area contributed by atoms with Crippen LogP contribution in [0.4, 0.5) is 4.39 Å². The number of alkyl halides is 1. The van der Waals surface area contributed by atoms with Gasteiger partial charge in [0.05, 0.1) is 5.56 Å². The first-order valence-electron chi connectivity index (χ1n) is 5.47. The number of halogens is 2. The van der Waals surface area contributed by atoms with Gasteiger partial charge in [-0.15, -0.1) is 11.6 Å². The fraction of sp³-hybridized carbons (Fsp3) is 0.0833. The van der Waals surface area contributed by atoms with Gasteiger partial charge in [-0.2, -0.15) is 10.1 Å². The molecule has 0 aliphatic rings. The van der Waals surface area contributed by atoms with Gasteiger partial charge in [0.1, 0.15) is 11.6 Å². The van der Waals surface area contributed by atoms with E-state index >= 15 is 0 Å². The summed E-state index contributed by atoms with van der Waals surface area (Å²) in [6.45, 7) is 0. The molecule has 2 heterocycles. The van der Waals surface area contributed by atoms with Crippen molar-refractivity contribution in [1.29, 1.82) is 0 Å². The number of benzene rings is 1. The summed E-state index contributed by atoms with van der Waals surface area (Å²) in [6, 6.07) is 6.61. The smallest absolute Gasteiger partial charge is 0.241 e. The Morgan fingerprint density at radius 1 is 1.32 bits per heavy atom. The van der Waals surface area contributed by atoms with Gasteiger partial charge in [0.15, 0.2) is 5.82 Å². The molecule has 3 aromatic rings. The lowest BCUT2D eigenvalue weighted by atomic mass is 10.1. The average molecular weight is 279 g/mol. The van der Waals surface area contributed by atoms with Gasteiger partial charge in [-0.1, -0.05) is 11.2 Å². The zero-order valence-corrected chi connectivity index (χ0v) is 10.4. The third kappa shape index (κ3) is 2.10. The van der Waals surface area contributed by atoms with Crippen molar-refractivity contribution in [2.24, 2.45) is 0 Å². The second-order valence-electron chi connectivity index (χ2n) is 3.73. The van der Waals surface area contributed by atoms with Crippen molar-refractivity contribution >= 4 is 11.6 Å². The molecule has 19 heavy (non-hydrogen) atoms. The topological polar surface area (TPSA) is 56.7 Å². The Bertz CT molecular complexity index is 696. The fourth-order valence-electron chi connectivity index (χ4n) is 1.70. The summed E-state index contributed by atoms with van der Waals surface area (Å²) in [5.41, 5.74) is 0.563. The SMILES string of the molecule is Fc1c(-c2noc(CCl)n2)cccc1-n1cccn1. The molecule has 0 amide bonds. The summed E-state index contributed by atoms with van der Waals surface area (Å²) in [5.74, 6) is 0.0452. The normalized spacial score (nSPS) is 10.8. The molecule has 0 saturated carbocycles. The summed E-state index contributed by atoms with van der Waals surface area (Å²) >= 11 is 5.58. The van der Waals surface area contributed by atoms with Crippen LogP contribution in [0.3, 0.4) is 0 Å². The van der Waals surface area contributed by atoms with E-state index in [9.17, 15) is 4.39 Å². The molecule has 0 bridgehead atoms. The Morgan fingerprint density at radius 2 is 2.21 bits per heavy atom. The lowest BCUT2D eigenvalue weighted by Gasteiger charge is -2.05. The molecule has 0 atom stereocenters. The van der Waals surface area contributed by atoms with E-state index in [1.54, 1.807) is 36.7 Å². The lowest BCUT2D eigenvalue weighted by molar-refractivity contribution is 0.390. The molecule has 0 spiro atoms.